The first-order valence-electron chi connectivity index (χ1n) is 18.6. The van der Waals surface area contributed by atoms with E-state index >= 15 is 8.78 Å². The summed E-state index contributed by atoms with van der Waals surface area (Å²) in [6.45, 7) is 3.09. The predicted molar refractivity (Wildman–Crippen MR) is 210 cm³/mol. The van der Waals surface area contributed by atoms with Crippen molar-refractivity contribution in [2.24, 2.45) is 5.73 Å². The zero-order chi connectivity index (χ0) is 40.0. The van der Waals surface area contributed by atoms with Gasteiger partial charge in [-0.15, -0.1) is 22.7 Å². The summed E-state index contributed by atoms with van der Waals surface area (Å²) in [5.41, 5.74) is 2.57. The number of carbonyl (C=O) groups excluding carboxylic acids is 4. The van der Waals surface area contributed by atoms with Crippen LogP contribution in [0.2, 0.25) is 0 Å². The quantitative estimate of drug-likeness (QED) is 0.0942. The molecule has 4 atom stereocenters. The summed E-state index contributed by atoms with van der Waals surface area (Å²) in [6.07, 6.45) is 2.62. The van der Waals surface area contributed by atoms with E-state index in [-0.39, 0.29) is 43.0 Å². The number of aromatic nitrogens is 1. The highest BCUT2D eigenvalue weighted by molar-refractivity contribution is 7.54. The lowest BCUT2D eigenvalue weighted by Crippen LogP contribution is -2.60. The Labute approximate surface area is 331 Å². The fourth-order valence-electron chi connectivity index (χ4n) is 7.12. The Hall–Kier alpha value is -4.12. The van der Waals surface area contributed by atoms with Gasteiger partial charge in [0.25, 0.3) is 5.91 Å². The number of hydrogen-bond donors (Lipinski definition) is 4. The highest BCUT2D eigenvalue weighted by atomic mass is 32.1. The monoisotopic (exact) mass is 830 g/mol. The maximum Gasteiger partial charge on any atom is 0.404 e. The Bertz CT molecular complexity index is 2090. The molecule has 0 bridgehead atoms. The molecule has 4 aromatic rings. The second kappa shape index (κ2) is 18.0. The van der Waals surface area contributed by atoms with E-state index in [1.807, 2.05) is 35.7 Å². The van der Waals surface area contributed by atoms with Crippen LogP contribution in [0.25, 0.3) is 21.3 Å². The van der Waals surface area contributed by atoms with Gasteiger partial charge in [0.05, 0.1) is 29.8 Å². The smallest absolute Gasteiger partial charge is 0.370 e. The summed E-state index contributed by atoms with van der Waals surface area (Å²) < 4.78 is 54.4. The molecule has 0 aliphatic carbocycles. The topological polar surface area (TPSA) is 182 Å². The minimum atomic E-state index is -4.84. The van der Waals surface area contributed by atoms with Gasteiger partial charge >= 0.3 is 13.3 Å². The average molecular weight is 831 g/mol. The first-order chi connectivity index (χ1) is 26.8. The van der Waals surface area contributed by atoms with E-state index in [0.29, 0.717) is 53.7 Å². The van der Waals surface area contributed by atoms with E-state index in [1.54, 1.807) is 4.90 Å². The lowest BCUT2D eigenvalue weighted by atomic mass is 10.1. The van der Waals surface area contributed by atoms with Gasteiger partial charge in [0, 0.05) is 40.2 Å². The molecule has 56 heavy (non-hydrogen) atoms. The van der Waals surface area contributed by atoms with Gasteiger partial charge in [-0.1, -0.05) is 36.4 Å². The molecule has 2 fully saturated rings. The Morgan fingerprint density at radius 2 is 1.84 bits per heavy atom. The number of benzene rings is 2. The van der Waals surface area contributed by atoms with Crippen LogP contribution in [-0.4, -0.2) is 77.9 Å². The second-order valence-corrected chi connectivity index (χ2v) is 17.7. The number of nitrogens with two attached hydrogens (primary N) is 1. The number of fused-ring (bicyclic) bond motifs is 2. The normalized spacial score (nSPS) is 19.6. The van der Waals surface area contributed by atoms with Crippen molar-refractivity contribution in [3.8, 4) is 11.3 Å². The molecule has 300 valence electrons. The summed E-state index contributed by atoms with van der Waals surface area (Å²) in [5.74, 6) is -1.79. The summed E-state index contributed by atoms with van der Waals surface area (Å²) in [6, 6.07) is 12.2. The van der Waals surface area contributed by atoms with Crippen LogP contribution in [0.3, 0.4) is 0 Å². The molecule has 4 heterocycles. The van der Waals surface area contributed by atoms with E-state index < -0.39 is 54.7 Å². The third-order valence-electron chi connectivity index (χ3n) is 9.82. The van der Waals surface area contributed by atoms with Crippen molar-refractivity contribution >= 4 is 64.0 Å². The number of hydrogen-bond acceptors (Lipinski definition) is 11. The molecule has 0 radical (unpaired) electrons. The van der Waals surface area contributed by atoms with Crippen LogP contribution in [0, 0.1) is 0 Å². The van der Waals surface area contributed by atoms with Crippen molar-refractivity contribution in [3.05, 3.63) is 75.4 Å². The molecule has 0 saturated carbocycles. The van der Waals surface area contributed by atoms with Crippen molar-refractivity contribution in [1.29, 1.82) is 0 Å². The molecular formula is C38H45F2N6O7PS2. The SMILES string of the molecule is CCOP(=O)(OCC)C(F)(F)c1ccc2sc(C(=O)N[C@H]3CNCC[C@H]4CC[C@@H](C(=O)N[C@@H](CCCC(N)=O)c5nc(-c6ccccc6)cs5)N4C3=O)cc2c1. The summed E-state index contributed by atoms with van der Waals surface area (Å²) in [5, 5.41) is 12.1. The molecule has 2 saturated heterocycles. The van der Waals surface area contributed by atoms with Crippen LogP contribution < -0.4 is 21.7 Å². The summed E-state index contributed by atoms with van der Waals surface area (Å²) in [7, 11) is -4.84. The van der Waals surface area contributed by atoms with Gasteiger partial charge in [-0.2, -0.15) is 8.78 Å². The van der Waals surface area contributed by atoms with Crippen molar-refractivity contribution in [2.75, 3.05) is 26.3 Å². The van der Waals surface area contributed by atoms with Crippen molar-refractivity contribution in [2.45, 2.75) is 82.2 Å². The number of thiophene rings is 1. The maximum atomic E-state index is 15.5. The van der Waals surface area contributed by atoms with Crippen LogP contribution in [0.15, 0.2) is 60.0 Å². The maximum absolute atomic E-state index is 15.5. The predicted octanol–water partition coefficient (Wildman–Crippen LogP) is 6.30. The molecule has 2 aliphatic heterocycles. The highest BCUT2D eigenvalue weighted by Gasteiger charge is 2.55. The molecule has 13 nitrogen and oxygen atoms in total. The van der Waals surface area contributed by atoms with Gasteiger partial charge in [-0.3, -0.25) is 23.7 Å². The third kappa shape index (κ3) is 9.03. The van der Waals surface area contributed by atoms with Crippen molar-refractivity contribution < 1.29 is 41.6 Å². The van der Waals surface area contributed by atoms with Gasteiger partial charge in [0.15, 0.2) is 0 Å². The number of nitrogens with one attached hydrogen (secondary N) is 3. The van der Waals surface area contributed by atoms with E-state index in [2.05, 4.69) is 16.0 Å². The van der Waals surface area contributed by atoms with Gasteiger partial charge in [0.1, 0.15) is 17.1 Å². The van der Waals surface area contributed by atoms with E-state index in [9.17, 15) is 23.7 Å². The first-order valence-corrected chi connectivity index (χ1v) is 21.8. The molecular weight excluding hydrogens is 786 g/mol. The fourth-order valence-corrected chi connectivity index (χ4v) is 10.5. The Balaban J connectivity index is 1.18. The molecule has 2 aromatic carbocycles. The number of carbonyl (C=O) groups is 4. The first kappa shape index (κ1) is 41.5. The number of primary amides is 1. The second-order valence-electron chi connectivity index (χ2n) is 13.6. The summed E-state index contributed by atoms with van der Waals surface area (Å²) >= 11 is 2.46. The molecule has 4 amide bonds. The zero-order valence-corrected chi connectivity index (χ0v) is 33.5. The number of thiazole rings is 1. The van der Waals surface area contributed by atoms with Crippen LogP contribution in [0.1, 0.15) is 78.7 Å². The number of halogens is 2. The Morgan fingerprint density at radius 3 is 2.55 bits per heavy atom. The molecule has 6 rings (SSSR count). The molecule has 5 N–H and O–H groups in total. The number of nitrogens with zero attached hydrogens (tertiary/aromatic N) is 2. The van der Waals surface area contributed by atoms with Crippen LogP contribution in [0.5, 0.6) is 0 Å². The minimum Gasteiger partial charge on any atom is -0.370 e. The molecule has 0 unspecified atom stereocenters. The van der Waals surface area contributed by atoms with Crippen LogP contribution in [0.4, 0.5) is 8.78 Å². The van der Waals surface area contributed by atoms with Gasteiger partial charge in [-0.05, 0) is 76.1 Å². The standard InChI is InChI=1S/C38H45F2N6O7PS2/c1-3-52-54(51,53-4-2)38(39,40)25-13-16-31-24(19-25)20-32(56-31)35(49)44-28-21-42-18-17-26-14-15-30(46(26)37(28)50)34(48)43-27(11-8-12-33(41)47)36-45-29(22-55-36)23-9-6-5-7-10-23/h5-7,9-10,13,16,19-20,22,26-28,30,42H,3-4,8,11-12,14-15,17-18,21H2,1-2H3,(H2,41,47)(H,43,48)(H,44,49)/t26-,27+,28+,30+/m1/s1. The minimum absolute atomic E-state index is 0.116. The molecule has 2 aromatic heterocycles. The van der Waals surface area contributed by atoms with Gasteiger partial charge in [0.2, 0.25) is 17.7 Å². The zero-order valence-electron chi connectivity index (χ0n) is 31.0. The fraction of sp³-hybridized carbons (Fsp3) is 0.447. The number of amides is 4. The largest absolute Gasteiger partial charge is 0.404 e. The average Bonchev–Trinajstić information content (AvgIpc) is 3.94. The number of rotatable bonds is 16. The number of alkyl halides is 2. The van der Waals surface area contributed by atoms with Gasteiger partial charge < -0.3 is 35.6 Å². The van der Waals surface area contributed by atoms with Gasteiger partial charge in [-0.25, -0.2) is 4.98 Å². The molecule has 0 spiro atoms. The van der Waals surface area contributed by atoms with Crippen molar-refractivity contribution in [3.63, 3.8) is 0 Å². The highest BCUT2D eigenvalue weighted by Crippen LogP contribution is 2.67. The van der Waals surface area contributed by atoms with E-state index in [4.69, 9.17) is 19.8 Å². The Morgan fingerprint density at radius 1 is 1.09 bits per heavy atom. The molecule has 18 heteroatoms. The third-order valence-corrected chi connectivity index (χ3v) is 14.0. The van der Waals surface area contributed by atoms with E-state index in [0.717, 1.165) is 34.7 Å². The van der Waals surface area contributed by atoms with E-state index in [1.165, 1.54) is 37.3 Å². The lowest BCUT2D eigenvalue weighted by molar-refractivity contribution is -0.142. The Kier molecular flexibility index (Phi) is 13.3. The van der Waals surface area contributed by atoms with Crippen LogP contribution >= 0.6 is 30.3 Å². The van der Waals surface area contributed by atoms with Crippen LogP contribution in [-0.2, 0) is 33.7 Å². The lowest BCUT2D eigenvalue weighted by Gasteiger charge is -2.35. The summed E-state index contributed by atoms with van der Waals surface area (Å²) in [4.78, 5) is 60.1. The van der Waals surface area contributed by atoms with Crippen molar-refractivity contribution in [1.82, 2.24) is 25.8 Å². The molecule has 2 aliphatic rings.